The lowest BCUT2D eigenvalue weighted by atomic mass is 9.87. The van der Waals surface area contributed by atoms with Gasteiger partial charge in [0.2, 0.25) is 0 Å². The summed E-state index contributed by atoms with van der Waals surface area (Å²) >= 11 is 4.56. The maximum atomic E-state index is 13.4. The number of amides is 2. The number of hydrogen-bond donors (Lipinski definition) is 1. The van der Waals surface area contributed by atoms with Crippen molar-refractivity contribution in [3.63, 3.8) is 0 Å². The van der Waals surface area contributed by atoms with Crippen LogP contribution in [-0.4, -0.2) is 27.6 Å². The minimum atomic E-state index is -0.785. The Morgan fingerprint density at radius 2 is 1.70 bits per heavy atom. The Bertz CT molecular complexity index is 734. The average molecular weight is 469 g/mol. The van der Waals surface area contributed by atoms with Gasteiger partial charge in [-0.15, -0.1) is 22.7 Å². The molecule has 0 fully saturated rings. The number of ether oxygens (including phenoxy) is 1. The van der Waals surface area contributed by atoms with Crippen LogP contribution in [0.15, 0.2) is 35.0 Å². The van der Waals surface area contributed by atoms with Gasteiger partial charge >= 0.3 is 6.09 Å². The van der Waals surface area contributed by atoms with Crippen LogP contribution in [0.25, 0.3) is 0 Å². The summed E-state index contributed by atoms with van der Waals surface area (Å²) in [5.74, 6) is 0. The predicted octanol–water partition coefficient (Wildman–Crippen LogP) is 6.73. The molecule has 1 unspecified atom stereocenters. The van der Waals surface area contributed by atoms with Gasteiger partial charge in [-0.1, -0.05) is 64.4 Å². The van der Waals surface area contributed by atoms with E-state index in [4.69, 9.17) is 10.5 Å². The van der Waals surface area contributed by atoms with E-state index in [1.807, 2.05) is 39.9 Å². The molecule has 2 N–H and O–H groups in total. The molecule has 2 amide bonds. The standard InChI is InChI=1S/C22H32N2O3S3/c1-5-6-11-18(27-20(23)25)19(22(2,3)4)30-21(26)24(14-16-9-7-12-28-16)15-17-10-8-13-29-17/h7-10,12-13,18-19H,5-6,11,14-15H2,1-4H3,(H2,23,25)/t18-,19?/m0/s1. The number of carbonyl (C=O) groups excluding carboxylic acids is 2. The Labute approximate surface area is 192 Å². The molecule has 2 rings (SSSR count). The van der Waals surface area contributed by atoms with Gasteiger partial charge in [0.05, 0.1) is 18.3 Å². The summed E-state index contributed by atoms with van der Waals surface area (Å²) in [7, 11) is 0. The summed E-state index contributed by atoms with van der Waals surface area (Å²) < 4.78 is 5.48. The van der Waals surface area contributed by atoms with E-state index in [0.29, 0.717) is 19.5 Å². The minimum absolute atomic E-state index is 0.00806. The number of thioether (sulfide) groups is 1. The lowest BCUT2D eigenvalue weighted by molar-refractivity contribution is 0.0778. The quantitative estimate of drug-likeness (QED) is 0.419. The Kier molecular flexibility index (Phi) is 9.71. The molecule has 0 saturated heterocycles. The van der Waals surface area contributed by atoms with Crippen molar-refractivity contribution in [3.05, 3.63) is 44.8 Å². The van der Waals surface area contributed by atoms with E-state index in [0.717, 1.165) is 22.6 Å². The molecule has 0 spiro atoms. The molecule has 0 aliphatic rings. The van der Waals surface area contributed by atoms with Crippen LogP contribution in [0.3, 0.4) is 0 Å². The normalized spacial score (nSPS) is 13.6. The number of primary amides is 1. The largest absolute Gasteiger partial charge is 0.445 e. The van der Waals surface area contributed by atoms with Crippen molar-refractivity contribution in [1.82, 2.24) is 4.90 Å². The maximum Gasteiger partial charge on any atom is 0.404 e. The van der Waals surface area contributed by atoms with E-state index in [1.54, 1.807) is 22.7 Å². The van der Waals surface area contributed by atoms with Crippen molar-refractivity contribution in [2.45, 2.75) is 71.4 Å². The second kappa shape index (κ2) is 11.8. The summed E-state index contributed by atoms with van der Waals surface area (Å²) in [6.45, 7) is 9.44. The van der Waals surface area contributed by atoms with Crippen LogP contribution in [0.4, 0.5) is 9.59 Å². The second-order valence-corrected chi connectivity index (χ2v) is 11.5. The van der Waals surface area contributed by atoms with Gasteiger partial charge in [-0.25, -0.2) is 4.79 Å². The van der Waals surface area contributed by atoms with Crippen molar-refractivity contribution < 1.29 is 14.3 Å². The summed E-state index contributed by atoms with van der Waals surface area (Å²) in [5, 5.41) is 3.84. The van der Waals surface area contributed by atoms with Crippen molar-refractivity contribution in [2.75, 3.05) is 0 Å². The van der Waals surface area contributed by atoms with Crippen molar-refractivity contribution in [2.24, 2.45) is 11.1 Å². The van der Waals surface area contributed by atoms with Crippen LogP contribution < -0.4 is 5.73 Å². The Morgan fingerprint density at radius 3 is 2.10 bits per heavy atom. The molecule has 2 heterocycles. The molecular weight excluding hydrogens is 436 g/mol. The topological polar surface area (TPSA) is 72.6 Å². The SMILES string of the molecule is CCCC[C@H](OC(N)=O)C(SC(=O)N(Cc1cccs1)Cc1cccs1)C(C)(C)C. The van der Waals surface area contributed by atoms with Crippen LogP contribution in [0, 0.1) is 5.41 Å². The molecule has 5 nitrogen and oxygen atoms in total. The summed E-state index contributed by atoms with van der Waals surface area (Å²) in [6.07, 6.45) is 1.40. The van der Waals surface area contributed by atoms with Crippen molar-refractivity contribution >= 4 is 45.8 Å². The zero-order chi connectivity index (χ0) is 22.1. The molecule has 0 aromatic carbocycles. The number of thiophene rings is 2. The molecule has 2 atom stereocenters. The zero-order valence-electron chi connectivity index (χ0n) is 18.1. The molecule has 8 heteroatoms. The fraction of sp³-hybridized carbons (Fsp3) is 0.545. The first-order chi connectivity index (χ1) is 14.2. The molecule has 2 aromatic rings. The molecule has 0 saturated carbocycles. The number of nitrogens with zero attached hydrogens (tertiary/aromatic N) is 1. The summed E-state index contributed by atoms with van der Waals surface area (Å²) in [6, 6.07) is 8.10. The van der Waals surface area contributed by atoms with Gasteiger partial charge in [-0.05, 0) is 34.7 Å². The molecule has 30 heavy (non-hydrogen) atoms. The summed E-state index contributed by atoms with van der Waals surface area (Å²) in [5.41, 5.74) is 5.11. The van der Waals surface area contributed by atoms with E-state index in [9.17, 15) is 9.59 Å². The third-order valence-electron chi connectivity index (χ3n) is 4.64. The number of rotatable bonds is 10. The van der Waals surface area contributed by atoms with Crippen LogP contribution >= 0.6 is 34.4 Å². The monoisotopic (exact) mass is 468 g/mol. The molecular formula is C22H32N2O3S3. The minimum Gasteiger partial charge on any atom is -0.445 e. The molecule has 166 valence electrons. The van der Waals surface area contributed by atoms with Crippen LogP contribution in [-0.2, 0) is 17.8 Å². The smallest absolute Gasteiger partial charge is 0.404 e. The number of carbonyl (C=O) groups is 2. The van der Waals surface area contributed by atoms with Gasteiger partial charge in [0.1, 0.15) is 6.10 Å². The Morgan fingerprint density at radius 1 is 1.13 bits per heavy atom. The number of hydrogen-bond acceptors (Lipinski definition) is 6. The Hall–Kier alpha value is -1.51. The highest BCUT2D eigenvalue weighted by atomic mass is 32.2. The van der Waals surface area contributed by atoms with Gasteiger partial charge < -0.3 is 15.4 Å². The third-order valence-corrected chi connectivity index (χ3v) is 8.09. The first-order valence-corrected chi connectivity index (χ1v) is 12.8. The van der Waals surface area contributed by atoms with E-state index in [-0.39, 0.29) is 15.9 Å². The van der Waals surface area contributed by atoms with E-state index >= 15 is 0 Å². The summed E-state index contributed by atoms with van der Waals surface area (Å²) in [4.78, 5) is 29.2. The lowest BCUT2D eigenvalue weighted by Crippen LogP contribution is -2.41. The van der Waals surface area contributed by atoms with Gasteiger partial charge in [0, 0.05) is 9.75 Å². The van der Waals surface area contributed by atoms with Crippen LogP contribution in [0.1, 0.15) is 56.7 Å². The molecule has 2 aromatic heterocycles. The van der Waals surface area contributed by atoms with E-state index in [1.165, 1.54) is 11.8 Å². The van der Waals surface area contributed by atoms with Crippen LogP contribution in [0.2, 0.25) is 0 Å². The molecule has 0 bridgehead atoms. The maximum absolute atomic E-state index is 13.4. The predicted molar refractivity (Wildman–Crippen MR) is 128 cm³/mol. The van der Waals surface area contributed by atoms with Gasteiger partial charge in [0.25, 0.3) is 5.24 Å². The highest BCUT2D eigenvalue weighted by Crippen LogP contribution is 2.38. The van der Waals surface area contributed by atoms with Gasteiger partial charge in [0.15, 0.2) is 0 Å². The molecule has 0 radical (unpaired) electrons. The highest BCUT2D eigenvalue weighted by molar-refractivity contribution is 8.14. The fourth-order valence-corrected chi connectivity index (χ4v) is 5.82. The number of nitrogens with two attached hydrogens (primary N) is 1. The van der Waals surface area contributed by atoms with Crippen molar-refractivity contribution in [3.8, 4) is 0 Å². The average Bonchev–Trinajstić information content (AvgIpc) is 3.35. The number of unbranched alkanes of at least 4 members (excludes halogenated alkanes) is 1. The lowest BCUT2D eigenvalue weighted by Gasteiger charge is -2.36. The van der Waals surface area contributed by atoms with Crippen LogP contribution in [0.5, 0.6) is 0 Å². The van der Waals surface area contributed by atoms with Crippen molar-refractivity contribution in [1.29, 1.82) is 0 Å². The highest BCUT2D eigenvalue weighted by Gasteiger charge is 2.38. The van der Waals surface area contributed by atoms with E-state index in [2.05, 4.69) is 27.7 Å². The first-order valence-electron chi connectivity index (χ1n) is 10.2. The fourth-order valence-electron chi connectivity index (χ4n) is 3.19. The third kappa shape index (κ3) is 7.96. The van der Waals surface area contributed by atoms with E-state index < -0.39 is 12.2 Å². The molecule has 0 aliphatic carbocycles. The second-order valence-electron chi connectivity index (χ2n) is 8.30. The van der Waals surface area contributed by atoms with Gasteiger partial charge in [-0.3, -0.25) is 4.79 Å². The van der Waals surface area contributed by atoms with Gasteiger partial charge in [-0.2, -0.15) is 0 Å². The molecule has 0 aliphatic heterocycles. The Balaban J connectivity index is 2.22. The zero-order valence-corrected chi connectivity index (χ0v) is 20.6. The first kappa shape index (κ1) is 24.8.